The second-order valence-corrected chi connectivity index (χ2v) is 13.1. The number of likely N-dealkylation sites (tertiary alicyclic amines) is 1. The highest BCUT2D eigenvalue weighted by molar-refractivity contribution is 6.31. The fourth-order valence-electron chi connectivity index (χ4n) is 7.93. The zero-order valence-corrected chi connectivity index (χ0v) is 23.7. The Morgan fingerprint density at radius 1 is 1.36 bits per heavy atom. The van der Waals surface area contributed by atoms with E-state index in [4.69, 9.17) is 11.6 Å². The number of fused-ring (bicyclic) bond motifs is 1. The number of carbonyl (C=O) groups excluding carboxylic acids is 1. The van der Waals surface area contributed by atoms with E-state index in [1.807, 2.05) is 6.08 Å². The minimum absolute atomic E-state index is 0.00777. The lowest BCUT2D eigenvalue weighted by atomic mass is 9.61. The SMILES string of the molecule is CC1([C@]23CCC(C(CCCCN4CC[C@@H](O)C4)CC(=O)Nc4ccc(F)c(Cl)c4)CC2C3)C=CC=C(C#N)C1. The molecule has 2 saturated carbocycles. The van der Waals surface area contributed by atoms with E-state index in [9.17, 15) is 19.6 Å². The van der Waals surface area contributed by atoms with Crippen LogP contribution in [0.2, 0.25) is 5.02 Å². The van der Waals surface area contributed by atoms with Crippen LogP contribution in [0.1, 0.15) is 71.1 Å². The molecule has 1 heterocycles. The number of allylic oxidation sites excluding steroid dienone is 4. The minimum atomic E-state index is -0.493. The summed E-state index contributed by atoms with van der Waals surface area (Å²) in [4.78, 5) is 15.5. The van der Waals surface area contributed by atoms with Crippen molar-refractivity contribution in [2.75, 3.05) is 25.0 Å². The molecule has 0 radical (unpaired) electrons. The van der Waals surface area contributed by atoms with Crippen LogP contribution in [0, 0.1) is 45.7 Å². The largest absolute Gasteiger partial charge is 0.392 e. The molecule has 1 aliphatic heterocycles. The number of aliphatic hydroxyl groups is 1. The lowest BCUT2D eigenvalue weighted by Crippen LogP contribution is -2.35. The summed E-state index contributed by atoms with van der Waals surface area (Å²) in [6.07, 6.45) is 16.1. The van der Waals surface area contributed by atoms with E-state index in [2.05, 4.69) is 35.4 Å². The van der Waals surface area contributed by atoms with E-state index in [0.717, 1.165) is 76.6 Å². The molecular formula is C32H41ClFN3O2. The van der Waals surface area contributed by atoms with Crippen LogP contribution in [0.4, 0.5) is 10.1 Å². The zero-order valence-electron chi connectivity index (χ0n) is 23.0. The van der Waals surface area contributed by atoms with Crippen LogP contribution in [0.15, 0.2) is 42.0 Å². The van der Waals surface area contributed by atoms with Crippen LogP contribution >= 0.6 is 11.6 Å². The zero-order chi connectivity index (χ0) is 27.6. The van der Waals surface area contributed by atoms with Crippen LogP contribution in [0.3, 0.4) is 0 Å². The Kier molecular flexibility index (Phi) is 8.52. The van der Waals surface area contributed by atoms with Gasteiger partial charge in [0, 0.05) is 30.8 Å². The van der Waals surface area contributed by atoms with Gasteiger partial charge in [-0.05, 0) is 111 Å². The highest BCUT2D eigenvalue weighted by Gasteiger charge is 2.65. The topological polar surface area (TPSA) is 76.4 Å². The molecule has 39 heavy (non-hydrogen) atoms. The number of halogens is 2. The standard InChI is InChI=1S/C32H41ClFN3O2/c1-31(11-4-5-22(18-31)20-35)32-12-9-24(15-25(32)19-32)23(6-2-3-13-37-14-10-27(38)21-37)16-30(39)36-26-7-8-29(34)28(33)17-26/h4-5,7-8,11,17,23-25,27,38H,2-3,6,9-10,12-16,18-19,21H2,1H3,(H,36,39)/t23?,24?,25?,27-,31?,32+/m1/s1. The first-order chi connectivity index (χ1) is 18.7. The third-order valence-corrected chi connectivity index (χ3v) is 10.5. The number of hydrogen-bond acceptors (Lipinski definition) is 4. The van der Waals surface area contributed by atoms with Gasteiger partial charge in [0.15, 0.2) is 0 Å². The fourth-order valence-corrected chi connectivity index (χ4v) is 8.11. The van der Waals surface area contributed by atoms with Crippen molar-refractivity contribution in [2.45, 2.75) is 77.2 Å². The number of amides is 1. The van der Waals surface area contributed by atoms with Gasteiger partial charge in [-0.25, -0.2) is 4.39 Å². The Hall–Kier alpha value is -2.20. The second-order valence-electron chi connectivity index (χ2n) is 12.7. The van der Waals surface area contributed by atoms with Gasteiger partial charge in [0.1, 0.15) is 5.82 Å². The number of carbonyl (C=O) groups is 1. The number of benzene rings is 1. The molecule has 3 aliphatic carbocycles. The lowest BCUT2D eigenvalue weighted by molar-refractivity contribution is -0.117. The van der Waals surface area contributed by atoms with Crippen molar-refractivity contribution in [2.24, 2.45) is 28.6 Å². The number of hydrogen-bond donors (Lipinski definition) is 2. The molecule has 1 amide bonds. The third-order valence-electron chi connectivity index (χ3n) is 10.2. The Morgan fingerprint density at radius 3 is 2.92 bits per heavy atom. The van der Waals surface area contributed by atoms with E-state index >= 15 is 0 Å². The number of rotatable bonds is 10. The van der Waals surface area contributed by atoms with Crippen LogP contribution in [0.5, 0.6) is 0 Å². The molecule has 5 nitrogen and oxygen atoms in total. The van der Waals surface area contributed by atoms with E-state index in [1.54, 1.807) is 6.07 Å². The number of anilines is 1. The van der Waals surface area contributed by atoms with Crippen molar-refractivity contribution >= 4 is 23.2 Å². The smallest absolute Gasteiger partial charge is 0.224 e. The van der Waals surface area contributed by atoms with Crippen molar-refractivity contribution in [1.82, 2.24) is 4.90 Å². The monoisotopic (exact) mass is 553 g/mol. The maximum absolute atomic E-state index is 13.6. The summed E-state index contributed by atoms with van der Waals surface area (Å²) >= 11 is 5.93. The van der Waals surface area contributed by atoms with Gasteiger partial charge in [0.05, 0.1) is 17.2 Å². The molecule has 7 heteroatoms. The third kappa shape index (κ3) is 6.26. The molecular weight excluding hydrogens is 513 g/mol. The van der Waals surface area contributed by atoms with Crippen LogP contribution in [-0.2, 0) is 4.79 Å². The molecule has 6 atom stereocenters. The predicted octanol–water partition coefficient (Wildman–Crippen LogP) is 6.88. The van der Waals surface area contributed by atoms with E-state index in [0.29, 0.717) is 29.9 Å². The molecule has 4 unspecified atom stereocenters. The van der Waals surface area contributed by atoms with Crippen molar-refractivity contribution in [1.29, 1.82) is 5.26 Å². The van der Waals surface area contributed by atoms with Crippen molar-refractivity contribution < 1.29 is 14.3 Å². The molecule has 3 fully saturated rings. The Labute approximate surface area is 237 Å². The van der Waals surface area contributed by atoms with Crippen molar-refractivity contribution in [3.8, 4) is 6.07 Å². The summed E-state index contributed by atoms with van der Waals surface area (Å²) in [5.41, 5.74) is 1.73. The van der Waals surface area contributed by atoms with Crippen LogP contribution in [0.25, 0.3) is 0 Å². The normalized spacial score (nSPS) is 32.7. The molecule has 5 rings (SSSR count). The molecule has 1 saturated heterocycles. The van der Waals surface area contributed by atoms with E-state index in [1.165, 1.54) is 18.6 Å². The highest BCUT2D eigenvalue weighted by atomic mass is 35.5. The van der Waals surface area contributed by atoms with E-state index in [-0.39, 0.29) is 27.9 Å². The average Bonchev–Trinajstić information content (AvgIpc) is 3.54. The van der Waals surface area contributed by atoms with Gasteiger partial charge < -0.3 is 15.3 Å². The molecule has 210 valence electrons. The van der Waals surface area contributed by atoms with Gasteiger partial charge in [-0.3, -0.25) is 4.79 Å². The molecule has 1 aromatic rings. The first kappa shape index (κ1) is 28.3. The molecule has 0 bridgehead atoms. The van der Waals surface area contributed by atoms with Gasteiger partial charge in [-0.2, -0.15) is 5.26 Å². The first-order valence-corrected chi connectivity index (χ1v) is 15.0. The molecule has 4 aliphatic rings. The number of β-amino-alcohol motifs (C(OH)–C–C–N with tert-alkyl or cyclic N) is 1. The van der Waals surface area contributed by atoms with Gasteiger partial charge in [-0.15, -0.1) is 0 Å². The van der Waals surface area contributed by atoms with Crippen molar-refractivity contribution in [3.05, 3.63) is 52.8 Å². The predicted molar refractivity (Wildman–Crippen MR) is 153 cm³/mol. The molecule has 1 aromatic carbocycles. The van der Waals surface area contributed by atoms with Crippen LogP contribution < -0.4 is 5.32 Å². The summed E-state index contributed by atoms with van der Waals surface area (Å²) in [5, 5.41) is 22.3. The first-order valence-electron chi connectivity index (χ1n) is 14.7. The van der Waals surface area contributed by atoms with Gasteiger partial charge >= 0.3 is 0 Å². The maximum Gasteiger partial charge on any atom is 0.224 e. The Balaban J connectivity index is 1.21. The summed E-state index contributed by atoms with van der Waals surface area (Å²) in [6, 6.07) is 6.69. The van der Waals surface area contributed by atoms with E-state index < -0.39 is 5.82 Å². The van der Waals surface area contributed by atoms with Gasteiger partial charge in [0.25, 0.3) is 0 Å². The van der Waals surface area contributed by atoms with Crippen LogP contribution in [-0.4, -0.2) is 41.7 Å². The quantitative estimate of drug-likeness (QED) is 0.309. The number of aliphatic hydroxyl groups excluding tert-OH is 1. The number of unbranched alkanes of at least 4 members (excludes halogenated alkanes) is 1. The highest BCUT2D eigenvalue weighted by Crippen LogP contribution is 2.73. The second kappa shape index (κ2) is 11.7. The van der Waals surface area contributed by atoms with Gasteiger partial charge in [0.2, 0.25) is 5.91 Å². The lowest BCUT2D eigenvalue weighted by Gasteiger charge is -2.43. The fraction of sp³-hybridized carbons (Fsp3) is 0.625. The molecule has 2 N–H and O–H groups in total. The summed E-state index contributed by atoms with van der Waals surface area (Å²) in [5.74, 6) is 0.921. The Bertz CT molecular complexity index is 1180. The maximum atomic E-state index is 13.6. The molecule has 0 spiro atoms. The summed E-state index contributed by atoms with van der Waals surface area (Å²) in [6.45, 7) is 5.08. The average molecular weight is 554 g/mol. The number of nitrogens with one attached hydrogen (secondary N) is 1. The number of nitrogens with zero attached hydrogens (tertiary/aromatic N) is 2. The summed E-state index contributed by atoms with van der Waals surface area (Å²) in [7, 11) is 0. The van der Waals surface area contributed by atoms with Gasteiger partial charge in [-0.1, -0.05) is 37.1 Å². The summed E-state index contributed by atoms with van der Waals surface area (Å²) < 4.78 is 13.6. The minimum Gasteiger partial charge on any atom is -0.392 e. The molecule has 0 aromatic heterocycles. The number of nitriles is 1. The Morgan fingerprint density at radius 2 is 2.21 bits per heavy atom. The van der Waals surface area contributed by atoms with Crippen molar-refractivity contribution in [3.63, 3.8) is 0 Å².